The third-order valence-electron chi connectivity index (χ3n) is 4.40. The molecule has 2 N–H and O–H groups in total. The van der Waals surface area contributed by atoms with Gasteiger partial charge in [0.15, 0.2) is 0 Å². The van der Waals surface area contributed by atoms with Crippen LogP contribution in [0.3, 0.4) is 0 Å². The van der Waals surface area contributed by atoms with Crippen molar-refractivity contribution in [1.82, 2.24) is 5.32 Å². The number of para-hydroxylation sites is 1. The van der Waals surface area contributed by atoms with Gasteiger partial charge in [-0.3, -0.25) is 9.59 Å². The molecule has 2 amide bonds. The maximum absolute atomic E-state index is 12.8. The number of rotatable bonds is 3. The molecule has 2 aromatic rings. The molecule has 0 spiro atoms. The van der Waals surface area contributed by atoms with E-state index < -0.39 is 6.04 Å². The van der Waals surface area contributed by atoms with Crippen molar-refractivity contribution in [1.29, 1.82) is 0 Å². The van der Waals surface area contributed by atoms with Crippen LogP contribution in [0, 0.1) is 0 Å². The van der Waals surface area contributed by atoms with Gasteiger partial charge in [0.1, 0.15) is 18.1 Å². The summed E-state index contributed by atoms with van der Waals surface area (Å²) in [6, 6.07) is 6.10. The van der Waals surface area contributed by atoms with Crippen LogP contribution in [0.4, 0.5) is 5.69 Å². The lowest BCUT2D eigenvalue weighted by atomic mass is 9.90. The summed E-state index contributed by atoms with van der Waals surface area (Å²) < 4.78 is 4.88. The van der Waals surface area contributed by atoms with Crippen LogP contribution in [0.2, 0.25) is 0 Å². The molecule has 0 bridgehead atoms. The lowest BCUT2D eigenvalue weighted by Gasteiger charge is -2.35. The van der Waals surface area contributed by atoms with Crippen molar-refractivity contribution in [3.63, 3.8) is 0 Å². The Balaban J connectivity index is 1.81. The number of nitrogens with one attached hydrogen (secondary N) is 1. The molecule has 0 aliphatic carbocycles. The van der Waals surface area contributed by atoms with Gasteiger partial charge in [0.25, 0.3) is 5.91 Å². The highest BCUT2D eigenvalue weighted by molar-refractivity contribution is 6.03. The third-order valence-corrected chi connectivity index (χ3v) is 4.40. The molecule has 2 unspecified atom stereocenters. The lowest BCUT2D eigenvalue weighted by Crippen LogP contribution is -2.48. The largest absolute Gasteiger partial charge is 0.506 e. The van der Waals surface area contributed by atoms with E-state index in [4.69, 9.17) is 4.42 Å². The van der Waals surface area contributed by atoms with Gasteiger partial charge in [0.2, 0.25) is 5.91 Å². The van der Waals surface area contributed by atoms with Gasteiger partial charge in [-0.05, 0) is 37.0 Å². The highest BCUT2D eigenvalue weighted by Gasteiger charge is 2.31. The van der Waals surface area contributed by atoms with Crippen LogP contribution in [0.1, 0.15) is 42.1 Å². The number of amides is 2. The Morgan fingerprint density at radius 2 is 2.17 bits per heavy atom. The van der Waals surface area contributed by atoms with Gasteiger partial charge in [-0.15, -0.1) is 0 Å². The molecule has 0 saturated carbocycles. The Morgan fingerprint density at radius 1 is 1.38 bits per heavy atom. The Morgan fingerprint density at radius 3 is 2.88 bits per heavy atom. The van der Waals surface area contributed by atoms with Gasteiger partial charge in [-0.1, -0.05) is 19.1 Å². The SMILES string of the molecule is CC(NC(=O)c1ccoc1)C(=O)N1CCC(C)c2cccc(O)c21. The monoisotopic (exact) mass is 328 g/mol. The molecule has 126 valence electrons. The van der Waals surface area contributed by atoms with E-state index >= 15 is 0 Å². The quantitative estimate of drug-likeness (QED) is 0.907. The molecule has 1 aromatic heterocycles. The summed E-state index contributed by atoms with van der Waals surface area (Å²) in [7, 11) is 0. The second kappa shape index (κ2) is 6.39. The molecule has 2 heterocycles. The molecule has 3 rings (SSSR count). The van der Waals surface area contributed by atoms with Gasteiger partial charge in [-0.25, -0.2) is 0 Å². The molecule has 6 heteroatoms. The van der Waals surface area contributed by atoms with E-state index in [-0.39, 0.29) is 23.5 Å². The van der Waals surface area contributed by atoms with Crippen LogP contribution < -0.4 is 10.2 Å². The topological polar surface area (TPSA) is 82.8 Å². The molecule has 24 heavy (non-hydrogen) atoms. The molecular formula is C18H20N2O4. The number of hydrogen-bond donors (Lipinski definition) is 2. The van der Waals surface area contributed by atoms with E-state index in [1.165, 1.54) is 18.6 Å². The van der Waals surface area contributed by atoms with E-state index in [0.717, 1.165) is 12.0 Å². The predicted octanol–water partition coefficient (Wildman–Crippen LogP) is 2.64. The van der Waals surface area contributed by atoms with Crippen molar-refractivity contribution in [3.8, 4) is 5.75 Å². The minimum atomic E-state index is -0.715. The van der Waals surface area contributed by atoms with Gasteiger partial charge < -0.3 is 19.7 Å². The first-order chi connectivity index (χ1) is 11.5. The zero-order chi connectivity index (χ0) is 17.3. The Hall–Kier alpha value is -2.76. The van der Waals surface area contributed by atoms with Crippen molar-refractivity contribution in [3.05, 3.63) is 47.9 Å². The van der Waals surface area contributed by atoms with Gasteiger partial charge in [-0.2, -0.15) is 0 Å². The Labute approximate surface area is 140 Å². The highest BCUT2D eigenvalue weighted by Crippen LogP contribution is 2.41. The number of phenols is 1. The normalized spacial score (nSPS) is 17.9. The maximum atomic E-state index is 12.8. The number of anilines is 1. The maximum Gasteiger partial charge on any atom is 0.255 e. The fourth-order valence-corrected chi connectivity index (χ4v) is 3.02. The van der Waals surface area contributed by atoms with Crippen LogP contribution in [0.15, 0.2) is 41.2 Å². The first kappa shape index (κ1) is 16.1. The molecule has 1 aliphatic rings. The summed E-state index contributed by atoms with van der Waals surface area (Å²) in [5, 5.41) is 12.9. The zero-order valence-electron chi connectivity index (χ0n) is 13.7. The summed E-state index contributed by atoms with van der Waals surface area (Å²) in [5.74, 6) is -0.262. The minimum Gasteiger partial charge on any atom is -0.506 e. The van der Waals surface area contributed by atoms with Crippen molar-refractivity contribution in [2.45, 2.75) is 32.2 Å². The number of carbonyl (C=O) groups is 2. The average Bonchev–Trinajstić information content (AvgIpc) is 3.10. The summed E-state index contributed by atoms with van der Waals surface area (Å²) in [5.41, 5.74) is 1.86. The van der Waals surface area contributed by atoms with E-state index in [1.54, 1.807) is 24.0 Å². The molecule has 0 fully saturated rings. The smallest absolute Gasteiger partial charge is 0.255 e. The summed E-state index contributed by atoms with van der Waals surface area (Å²) in [6.45, 7) is 4.22. The fraction of sp³-hybridized carbons (Fsp3) is 0.333. The molecular weight excluding hydrogens is 308 g/mol. The fourth-order valence-electron chi connectivity index (χ4n) is 3.02. The molecule has 6 nitrogen and oxygen atoms in total. The molecule has 0 radical (unpaired) electrons. The zero-order valence-corrected chi connectivity index (χ0v) is 13.7. The van der Waals surface area contributed by atoms with Crippen LogP contribution in [0.5, 0.6) is 5.75 Å². The molecule has 1 aliphatic heterocycles. The standard InChI is InChI=1S/C18H20N2O4/c1-11-6-8-20(16-14(11)4-3-5-15(16)21)18(23)12(2)19-17(22)13-7-9-24-10-13/h3-5,7,9-12,21H,6,8H2,1-2H3,(H,19,22). The van der Waals surface area contributed by atoms with Crippen LogP contribution in [-0.4, -0.2) is 29.5 Å². The Bertz CT molecular complexity index is 754. The lowest BCUT2D eigenvalue weighted by molar-refractivity contribution is -0.120. The first-order valence-electron chi connectivity index (χ1n) is 7.95. The van der Waals surface area contributed by atoms with E-state index in [2.05, 4.69) is 12.2 Å². The van der Waals surface area contributed by atoms with Crippen LogP contribution >= 0.6 is 0 Å². The van der Waals surface area contributed by atoms with Crippen molar-refractivity contribution in [2.75, 3.05) is 11.4 Å². The predicted molar refractivity (Wildman–Crippen MR) is 89.1 cm³/mol. The molecule has 2 atom stereocenters. The van der Waals surface area contributed by atoms with Crippen molar-refractivity contribution in [2.24, 2.45) is 0 Å². The summed E-state index contributed by atoms with van der Waals surface area (Å²) in [4.78, 5) is 26.4. The second-order valence-corrected chi connectivity index (χ2v) is 6.10. The Kier molecular flexibility index (Phi) is 4.29. The van der Waals surface area contributed by atoms with Crippen LogP contribution in [0.25, 0.3) is 0 Å². The number of hydrogen-bond acceptors (Lipinski definition) is 4. The van der Waals surface area contributed by atoms with Crippen molar-refractivity contribution >= 4 is 17.5 Å². The number of benzene rings is 1. The number of furan rings is 1. The number of fused-ring (bicyclic) bond motifs is 1. The second-order valence-electron chi connectivity index (χ2n) is 6.10. The van der Waals surface area contributed by atoms with E-state index in [0.29, 0.717) is 17.8 Å². The van der Waals surface area contributed by atoms with Crippen LogP contribution in [-0.2, 0) is 4.79 Å². The number of nitrogens with zero attached hydrogens (tertiary/aromatic N) is 1. The average molecular weight is 328 g/mol. The van der Waals surface area contributed by atoms with Gasteiger partial charge in [0.05, 0.1) is 17.5 Å². The number of aromatic hydroxyl groups is 1. The minimum absolute atomic E-state index is 0.0840. The number of carbonyl (C=O) groups excluding carboxylic acids is 2. The third kappa shape index (κ3) is 2.87. The highest BCUT2D eigenvalue weighted by atomic mass is 16.3. The summed E-state index contributed by atoms with van der Waals surface area (Å²) >= 11 is 0. The summed E-state index contributed by atoms with van der Waals surface area (Å²) in [6.07, 6.45) is 3.54. The van der Waals surface area contributed by atoms with Gasteiger partial charge >= 0.3 is 0 Å². The van der Waals surface area contributed by atoms with E-state index in [9.17, 15) is 14.7 Å². The van der Waals surface area contributed by atoms with E-state index in [1.807, 2.05) is 6.07 Å². The molecule has 1 aromatic carbocycles. The number of phenolic OH excluding ortho intramolecular Hbond substituents is 1. The van der Waals surface area contributed by atoms with Crippen molar-refractivity contribution < 1.29 is 19.1 Å². The first-order valence-corrected chi connectivity index (χ1v) is 7.95. The molecule has 0 saturated heterocycles. The van der Waals surface area contributed by atoms with Gasteiger partial charge in [0, 0.05) is 6.54 Å².